The molecular weight excluding hydrogens is 509 g/mol. The quantitative estimate of drug-likeness (QED) is 0.386. The highest BCUT2D eigenvalue weighted by Crippen LogP contribution is 2.49. The first kappa shape index (κ1) is 28.4. The van der Waals surface area contributed by atoms with Crippen LogP contribution >= 0.6 is 0 Å². The van der Waals surface area contributed by atoms with Crippen molar-refractivity contribution in [3.8, 4) is 0 Å². The highest BCUT2D eigenvalue weighted by atomic mass is 19.1. The highest BCUT2D eigenvalue weighted by Gasteiger charge is 2.58. The van der Waals surface area contributed by atoms with Gasteiger partial charge in [0.2, 0.25) is 5.95 Å². The Bertz CT molecular complexity index is 1290. The molecule has 1 unspecified atom stereocenters. The lowest BCUT2D eigenvalue weighted by Gasteiger charge is -2.33. The average molecular weight is 552 g/mol. The standard InChI is InChI=1S/C30H43B2FN2O5/c1-27(2)28(3,4)38-31(37-27)24(19-12-11-13-19)25(32-39-29(5,6)30(7,8)40-32)20-15-16-22-21(18-20)26(33)34-35(22)23-14-9-10-17-36-23/h15-16,18-19,23H,9-14,17H2,1-8H3. The fourth-order valence-electron chi connectivity index (χ4n) is 6.04. The highest BCUT2D eigenvalue weighted by molar-refractivity contribution is 6.74. The number of ether oxygens (including phenoxy) is 1. The van der Waals surface area contributed by atoms with Crippen LogP contribution in [0.3, 0.4) is 0 Å². The van der Waals surface area contributed by atoms with Gasteiger partial charge in [-0.2, -0.15) is 4.39 Å². The lowest BCUT2D eigenvalue weighted by Crippen LogP contribution is -2.41. The molecule has 4 heterocycles. The van der Waals surface area contributed by atoms with Crippen LogP contribution in [-0.4, -0.2) is 53.0 Å². The molecule has 4 aliphatic rings. The Morgan fingerprint density at radius 1 is 0.825 bits per heavy atom. The van der Waals surface area contributed by atoms with Gasteiger partial charge < -0.3 is 23.4 Å². The molecule has 0 bridgehead atoms. The number of aromatic nitrogens is 2. The van der Waals surface area contributed by atoms with Crippen LogP contribution in [0.25, 0.3) is 16.4 Å². The van der Waals surface area contributed by atoms with E-state index in [4.69, 9.17) is 23.4 Å². The molecule has 0 radical (unpaired) electrons. The average Bonchev–Trinajstić information content (AvgIpc) is 3.36. The molecule has 216 valence electrons. The van der Waals surface area contributed by atoms with Crippen molar-refractivity contribution in [2.75, 3.05) is 6.61 Å². The van der Waals surface area contributed by atoms with Gasteiger partial charge in [-0.3, -0.25) is 0 Å². The van der Waals surface area contributed by atoms with E-state index in [9.17, 15) is 0 Å². The van der Waals surface area contributed by atoms with E-state index in [1.165, 1.54) is 0 Å². The van der Waals surface area contributed by atoms with Gasteiger partial charge in [0.05, 0.1) is 33.3 Å². The van der Waals surface area contributed by atoms with Crippen LogP contribution in [0.5, 0.6) is 0 Å². The summed E-state index contributed by atoms with van der Waals surface area (Å²) < 4.78 is 49.7. The normalized spacial score (nSPS) is 28.2. The first-order valence-corrected chi connectivity index (χ1v) is 15.0. The van der Waals surface area contributed by atoms with Gasteiger partial charge in [0.1, 0.15) is 0 Å². The zero-order valence-corrected chi connectivity index (χ0v) is 25.3. The van der Waals surface area contributed by atoms with E-state index in [-0.39, 0.29) is 12.1 Å². The predicted octanol–water partition coefficient (Wildman–Crippen LogP) is 6.69. The number of hydrogen-bond acceptors (Lipinski definition) is 6. The number of benzene rings is 1. The fraction of sp³-hybridized carbons (Fsp3) is 0.700. The molecule has 4 fully saturated rings. The first-order chi connectivity index (χ1) is 18.7. The summed E-state index contributed by atoms with van der Waals surface area (Å²) in [5, 5.41) is 4.74. The van der Waals surface area contributed by atoms with E-state index in [1.807, 2.05) is 18.2 Å². The molecule has 0 amide bonds. The van der Waals surface area contributed by atoms with Gasteiger partial charge in [0, 0.05) is 6.61 Å². The Hall–Kier alpha value is -1.71. The van der Waals surface area contributed by atoms with Crippen molar-refractivity contribution in [1.82, 2.24) is 9.78 Å². The van der Waals surface area contributed by atoms with Crippen LogP contribution in [0, 0.1) is 11.9 Å². The Morgan fingerprint density at radius 2 is 1.43 bits per heavy atom. The Labute approximate surface area is 238 Å². The minimum atomic E-state index is -0.656. The summed E-state index contributed by atoms with van der Waals surface area (Å²) in [6, 6.07) is 5.88. The summed E-state index contributed by atoms with van der Waals surface area (Å²) in [5.74, 6) is -0.234. The van der Waals surface area contributed by atoms with E-state index in [0.717, 1.165) is 60.5 Å². The molecule has 2 aromatic rings. The Balaban J connectivity index is 1.52. The molecule has 1 atom stereocenters. The lowest BCUT2D eigenvalue weighted by atomic mass is 9.55. The molecule has 1 aromatic heterocycles. The maximum absolute atomic E-state index is 15.5. The van der Waals surface area contributed by atoms with Crippen molar-refractivity contribution in [3.05, 3.63) is 35.2 Å². The lowest BCUT2D eigenvalue weighted by molar-refractivity contribution is -0.0375. The van der Waals surface area contributed by atoms with E-state index in [0.29, 0.717) is 12.0 Å². The summed E-state index contributed by atoms with van der Waals surface area (Å²) in [5.41, 5.74) is 1.42. The van der Waals surface area contributed by atoms with Crippen molar-refractivity contribution in [3.63, 3.8) is 0 Å². The number of hydrogen-bond donors (Lipinski definition) is 0. The molecule has 1 saturated carbocycles. The molecule has 0 N–H and O–H groups in total. The monoisotopic (exact) mass is 552 g/mol. The smallest absolute Gasteiger partial charge is 0.400 e. The Morgan fingerprint density at radius 3 is 1.95 bits per heavy atom. The van der Waals surface area contributed by atoms with Crippen molar-refractivity contribution < 1.29 is 27.7 Å². The summed E-state index contributed by atoms with van der Waals surface area (Å²) in [6.07, 6.45) is 5.86. The number of halogens is 1. The van der Waals surface area contributed by atoms with Gasteiger partial charge in [-0.05, 0) is 122 Å². The molecule has 0 spiro atoms. The third-order valence-corrected chi connectivity index (χ3v) is 10.3. The summed E-state index contributed by atoms with van der Waals surface area (Å²) >= 11 is 0. The van der Waals surface area contributed by atoms with Gasteiger partial charge in [-0.1, -0.05) is 12.5 Å². The van der Waals surface area contributed by atoms with Crippen LogP contribution in [0.2, 0.25) is 0 Å². The van der Waals surface area contributed by atoms with Gasteiger partial charge in [-0.15, -0.1) is 5.10 Å². The third kappa shape index (κ3) is 4.58. The molecule has 3 aliphatic heterocycles. The molecule has 40 heavy (non-hydrogen) atoms. The molecule has 7 nitrogen and oxygen atoms in total. The SMILES string of the molecule is CC1(C)OB(C(=C(B2OC(C)(C)C(C)(C)O2)C2CCC2)c2ccc3c(c2)c(F)nn3C2CCCCO2)OC1(C)C. The minimum absolute atomic E-state index is 0.250. The van der Waals surface area contributed by atoms with Crippen LogP contribution in [0.4, 0.5) is 4.39 Å². The van der Waals surface area contributed by atoms with E-state index in [2.05, 4.69) is 60.5 Å². The molecule has 3 saturated heterocycles. The topological polar surface area (TPSA) is 64.0 Å². The van der Waals surface area contributed by atoms with Crippen LogP contribution in [-0.2, 0) is 23.4 Å². The van der Waals surface area contributed by atoms with Gasteiger partial charge >= 0.3 is 14.2 Å². The number of rotatable bonds is 5. The molecular formula is C30H43B2FN2O5. The molecule has 10 heteroatoms. The Kier molecular flexibility index (Phi) is 6.86. The van der Waals surface area contributed by atoms with Crippen LogP contribution < -0.4 is 0 Å². The van der Waals surface area contributed by atoms with E-state index < -0.39 is 42.6 Å². The third-order valence-electron chi connectivity index (χ3n) is 10.3. The van der Waals surface area contributed by atoms with Crippen molar-refractivity contribution in [2.45, 2.75) is 123 Å². The first-order valence-electron chi connectivity index (χ1n) is 15.0. The zero-order valence-electron chi connectivity index (χ0n) is 25.3. The second kappa shape index (κ2) is 9.66. The van der Waals surface area contributed by atoms with Gasteiger partial charge in [0.15, 0.2) is 6.23 Å². The van der Waals surface area contributed by atoms with Crippen molar-refractivity contribution in [1.29, 1.82) is 0 Å². The summed E-state index contributed by atoms with van der Waals surface area (Å²) in [6.45, 7) is 17.2. The largest absolute Gasteiger partial charge is 0.494 e. The second-order valence-corrected chi connectivity index (χ2v) is 14.0. The van der Waals surface area contributed by atoms with Gasteiger partial charge in [0.25, 0.3) is 0 Å². The van der Waals surface area contributed by atoms with Gasteiger partial charge in [-0.25, -0.2) is 4.68 Å². The minimum Gasteiger partial charge on any atom is -0.400 e. The molecule has 1 aliphatic carbocycles. The maximum atomic E-state index is 15.5. The number of allylic oxidation sites excluding steroid dienone is 1. The van der Waals surface area contributed by atoms with Crippen molar-refractivity contribution in [2.24, 2.45) is 5.92 Å². The van der Waals surface area contributed by atoms with E-state index in [1.54, 1.807) is 4.68 Å². The fourth-order valence-corrected chi connectivity index (χ4v) is 6.04. The van der Waals surface area contributed by atoms with Crippen LogP contribution in [0.15, 0.2) is 23.7 Å². The van der Waals surface area contributed by atoms with E-state index >= 15 is 4.39 Å². The van der Waals surface area contributed by atoms with Crippen LogP contribution in [0.1, 0.15) is 106 Å². The maximum Gasteiger partial charge on any atom is 0.494 e. The number of nitrogens with zero attached hydrogens (tertiary/aromatic N) is 2. The molecule has 1 aromatic carbocycles. The summed E-state index contributed by atoms with van der Waals surface area (Å²) in [7, 11) is -1.21. The predicted molar refractivity (Wildman–Crippen MR) is 155 cm³/mol. The molecule has 6 rings (SSSR count). The number of fused-ring (bicyclic) bond motifs is 1. The van der Waals surface area contributed by atoms with Crippen molar-refractivity contribution >= 4 is 30.6 Å². The zero-order chi connectivity index (χ0) is 28.7. The summed E-state index contributed by atoms with van der Waals surface area (Å²) in [4.78, 5) is 0. The second-order valence-electron chi connectivity index (χ2n) is 14.0.